The number of quaternary nitrogens is 1. The highest BCUT2D eigenvalue weighted by molar-refractivity contribution is 5.44. The predicted molar refractivity (Wildman–Crippen MR) is 99.1 cm³/mol. The van der Waals surface area contributed by atoms with Crippen LogP contribution >= 0.6 is 0 Å². The number of methoxy groups -OCH3 is 2. The number of aliphatic hydroxyl groups is 1. The molecule has 2 atom stereocenters. The Morgan fingerprint density at radius 2 is 1.76 bits per heavy atom. The lowest BCUT2D eigenvalue weighted by molar-refractivity contribution is -0.921. The molecule has 0 aliphatic heterocycles. The van der Waals surface area contributed by atoms with Gasteiger partial charge in [0.2, 0.25) is 0 Å². The van der Waals surface area contributed by atoms with Gasteiger partial charge < -0.3 is 31.9 Å². The fourth-order valence-electron chi connectivity index (χ4n) is 3.59. The molecule has 25 heavy (non-hydrogen) atoms. The lowest BCUT2D eigenvalue weighted by Gasteiger charge is -2.35. The first-order valence-electron chi connectivity index (χ1n) is 9.25. The minimum absolute atomic E-state index is 0. The van der Waals surface area contributed by atoms with Crippen LogP contribution in [0.25, 0.3) is 0 Å². The number of halogens is 1. The molecule has 146 valence electrons. The second kappa shape index (κ2) is 11.6. The normalized spacial score (nSPS) is 14.6. The first-order chi connectivity index (χ1) is 11.4. The molecule has 0 saturated heterocycles. The molecule has 0 radical (unpaired) electrons. The molecule has 0 aromatic heterocycles. The van der Waals surface area contributed by atoms with Crippen molar-refractivity contribution < 1.29 is 31.9 Å². The Morgan fingerprint density at radius 3 is 2.24 bits per heavy atom. The monoisotopic (exact) mass is 373 g/mol. The highest BCUT2D eigenvalue weighted by Crippen LogP contribution is 2.39. The summed E-state index contributed by atoms with van der Waals surface area (Å²) in [4.78, 5) is 1.51. The highest BCUT2D eigenvalue weighted by atomic mass is 35.5. The van der Waals surface area contributed by atoms with Gasteiger partial charge in [0.05, 0.1) is 39.0 Å². The van der Waals surface area contributed by atoms with Crippen LogP contribution in [0.4, 0.5) is 0 Å². The highest BCUT2D eigenvalue weighted by Gasteiger charge is 2.36. The van der Waals surface area contributed by atoms with E-state index in [-0.39, 0.29) is 12.4 Å². The summed E-state index contributed by atoms with van der Waals surface area (Å²) in [5, 5.41) is 11.6. The van der Waals surface area contributed by atoms with Gasteiger partial charge in [0.1, 0.15) is 11.5 Å². The Hall–Kier alpha value is -0.970. The number of unbranched alkanes of at least 4 members (excludes halogenated alkanes) is 1. The largest absolute Gasteiger partial charge is 1.00 e. The van der Waals surface area contributed by atoms with Crippen LogP contribution < -0.4 is 26.8 Å². The van der Waals surface area contributed by atoms with Gasteiger partial charge in [0.15, 0.2) is 0 Å². The summed E-state index contributed by atoms with van der Waals surface area (Å²) in [6.45, 7) is 10.9. The van der Waals surface area contributed by atoms with E-state index in [0.717, 1.165) is 49.4 Å². The summed E-state index contributed by atoms with van der Waals surface area (Å²) in [6, 6.07) is 6.07. The van der Waals surface area contributed by atoms with Gasteiger partial charge in [0, 0.05) is 12.0 Å². The molecule has 1 aromatic carbocycles. The van der Waals surface area contributed by atoms with Crippen molar-refractivity contribution in [1.82, 2.24) is 0 Å². The van der Waals surface area contributed by atoms with E-state index in [1.807, 2.05) is 18.2 Å². The third-order valence-corrected chi connectivity index (χ3v) is 5.10. The van der Waals surface area contributed by atoms with E-state index >= 15 is 0 Å². The van der Waals surface area contributed by atoms with Crippen molar-refractivity contribution in [3.05, 3.63) is 23.8 Å². The first kappa shape index (κ1) is 24.0. The quantitative estimate of drug-likeness (QED) is 0.564. The van der Waals surface area contributed by atoms with Crippen molar-refractivity contribution in [2.45, 2.75) is 65.0 Å². The van der Waals surface area contributed by atoms with Crippen molar-refractivity contribution in [2.24, 2.45) is 0 Å². The average molecular weight is 374 g/mol. The summed E-state index contributed by atoms with van der Waals surface area (Å²) >= 11 is 0. The van der Waals surface area contributed by atoms with E-state index < -0.39 is 5.60 Å². The van der Waals surface area contributed by atoms with Gasteiger partial charge in [-0.1, -0.05) is 19.8 Å². The molecule has 0 spiro atoms. The number of benzene rings is 1. The molecular weight excluding hydrogens is 338 g/mol. The number of ether oxygens (including phenoxy) is 2. The Labute approximate surface area is 159 Å². The van der Waals surface area contributed by atoms with Crippen LogP contribution in [0.5, 0.6) is 11.5 Å². The van der Waals surface area contributed by atoms with E-state index in [0.29, 0.717) is 12.5 Å². The van der Waals surface area contributed by atoms with E-state index in [9.17, 15) is 5.11 Å². The van der Waals surface area contributed by atoms with Crippen LogP contribution in [-0.4, -0.2) is 38.5 Å². The molecule has 5 heteroatoms. The summed E-state index contributed by atoms with van der Waals surface area (Å²) < 4.78 is 10.9. The molecule has 0 saturated carbocycles. The number of hydrogen-bond donors (Lipinski definition) is 2. The van der Waals surface area contributed by atoms with Gasteiger partial charge in [-0.05, 0) is 45.4 Å². The summed E-state index contributed by atoms with van der Waals surface area (Å²) in [6.07, 6.45) is 3.49. The fourth-order valence-corrected chi connectivity index (χ4v) is 3.59. The topological polar surface area (TPSA) is 43.1 Å². The minimum Gasteiger partial charge on any atom is -1.00 e. The van der Waals surface area contributed by atoms with Crippen molar-refractivity contribution in [2.75, 3.05) is 27.3 Å². The maximum atomic E-state index is 11.6. The molecule has 2 unspecified atom stereocenters. The van der Waals surface area contributed by atoms with Crippen LogP contribution in [0.2, 0.25) is 0 Å². The Balaban J connectivity index is 0.00000576. The van der Waals surface area contributed by atoms with Gasteiger partial charge >= 0.3 is 0 Å². The molecule has 1 rings (SSSR count). The van der Waals surface area contributed by atoms with Crippen LogP contribution in [0.3, 0.4) is 0 Å². The molecule has 0 heterocycles. The molecule has 0 amide bonds. The van der Waals surface area contributed by atoms with Gasteiger partial charge in [-0.2, -0.15) is 0 Å². The van der Waals surface area contributed by atoms with Crippen LogP contribution in [0, 0.1) is 0 Å². The Morgan fingerprint density at radius 1 is 1.12 bits per heavy atom. The zero-order chi connectivity index (χ0) is 18.2. The zero-order valence-electron chi connectivity index (χ0n) is 16.7. The number of rotatable bonds is 11. The fraction of sp³-hybridized carbons (Fsp3) is 0.700. The van der Waals surface area contributed by atoms with Gasteiger partial charge in [-0.15, -0.1) is 0 Å². The van der Waals surface area contributed by atoms with Crippen molar-refractivity contribution in [3.63, 3.8) is 0 Å². The molecular formula is C20H36ClNO3. The van der Waals surface area contributed by atoms with E-state index in [4.69, 9.17) is 9.47 Å². The Bertz CT molecular complexity index is 494. The lowest BCUT2D eigenvalue weighted by atomic mass is 9.82. The van der Waals surface area contributed by atoms with Crippen LogP contribution in [0.1, 0.15) is 58.9 Å². The number of hydrogen-bond acceptors (Lipinski definition) is 3. The van der Waals surface area contributed by atoms with E-state index in [1.54, 1.807) is 14.2 Å². The standard InChI is InChI=1S/C20H35NO3.ClH/c1-7-10-13-20(22,15-16(4)21(8-2)9-3)18-14-17(23-5)11-12-19(18)24-6;/h11-12,14,16,22H,7-10,13,15H2,1-6H3;1H. The molecule has 0 fully saturated rings. The second-order valence-electron chi connectivity index (χ2n) is 6.67. The van der Waals surface area contributed by atoms with Crippen molar-refractivity contribution >= 4 is 0 Å². The average Bonchev–Trinajstić information content (AvgIpc) is 2.60. The molecule has 0 aliphatic rings. The molecule has 0 aliphatic carbocycles. The SMILES string of the molecule is CCCCC(O)(CC(C)[NH+](CC)CC)c1cc(OC)ccc1OC.[Cl-]. The van der Waals surface area contributed by atoms with Crippen LogP contribution in [-0.2, 0) is 5.60 Å². The Kier molecular flexibility index (Phi) is 11.2. The lowest BCUT2D eigenvalue weighted by Crippen LogP contribution is -3.15. The molecule has 1 aromatic rings. The maximum Gasteiger partial charge on any atom is 0.125 e. The summed E-state index contributed by atoms with van der Waals surface area (Å²) in [5.41, 5.74) is -0.0542. The maximum absolute atomic E-state index is 11.6. The predicted octanol–water partition coefficient (Wildman–Crippen LogP) is -0.211. The van der Waals surface area contributed by atoms with E-state index in [2.05, 4.69) is 27.7 Å². The second-order valence-corrected chi connectivity index (χ2v) is 6.67. The molecule has 4 nitrogen and oxygen atoms in total. The minimum atomic E-state index is -0.898. The van der Waals surface area contributed by atoms with Gasteiger partial charge in [-0.3, -0.25) is 0 Å². The van der Waals surface area contributed by atoms with Gasteiger partial charge in [-0.25, -0.2) is 0 Å². The third kappa shape index (κ3) is 6.36. The molecule has 2 N–H and O–H groups in total. The van der Waals surface area contributed by atoms with Crippen molar-refractivity contribution in [3.8, 4) is 11.5 Å². The first-order valence-corrected chi connectivity index (χ1v) is 9.25. The van der Waals surface area contributed by atoms with Crippen LogP contribution in [0.15, 0.2) is 18.2 Å². The third-order valence-electron chi connectivity index (χ3n) is 5.10. The number of nitrogens with one attached hydrogen (secondary N) is 1. The van der Waals surface area contributed by atoms with E-state index in [1.165, 1.54) is 4.90 Å². The smallest absolute Gasteiger partial charge is 0.125 e. The van der Waals surface area contributed by atoms with Crippen molar-refractivity contribution in [1.29, 1.82) is 0 Å². The molecule has 0 bridgehead atoms. The summed E-state index contributed by atoms with van der Waals surface area (Å²) in [5.74, 6) is 1.49. The summed E-state index contributed by atoms with van der Waals surface area (Å²) in [7, 11) is 3.31. The van der Waals surface area contributed by atoms with Gasteiger partial charge in [0.25, 0.3) is 0 Å². The zero-order valence-corrected chi connectivity index (χ0v) is 17.4.